The second-order valence-electron chi connectivity index (χ2n) is 5.64. The SMILES string of the molecule is COc1cc(/C=N\NC(=O)CSc2nc3ccccc3[nH]2)ccc1OC(C)=O. The molecule has 9 heteroatoms. The molecule has 0 bridgehead atoms. The van der Waals surface area contributed by atoms with Crippen LogP contribution < -0.4 is 14.9 Å². The molecule has 0 atom stereocenters. The Balaban J connectivity index is 1.53. The molecule has 0 fully saturated rings. The summed E-state index contributed by atoms with van der Waals surface area (Å²) in [5.41, 5.74) is 4.92. The Morgan fingerprint density at radius 3 is 2.82 bits per heavy atom. The van der Waals surface area contributed by atoms with E-state index in [0.29, 0.717) is 22.2 Å². The third-order valence-electron chi connectivity index (χ3n) is 3.55. The van der Waals surface area contributed by atoms with E-state index in [-0.39, 0.29) is 11.7 Å². The first kappa shape index (κ1) is 19.4. The summed E-state index contributed by atoms with van der Waals surface area (Å²) < 4.78 is 10.2. The molecule has 0 aliphatic heterocycles. The van der Waals surface area contributed by atoms with E-state index in [1.165, 1.54) is 32.0 Å². The molecule has 0 saturated carbocycles. The molecule has 144 valence electrons. The molecule has 0 radical (unpaired) electrons. The quantitative estimate of drug-likeness (QED) is 0.208. The average molecular weight is 398 g/mol. The maximum atomic E-state index is 12.0. The van der Waals surface area contributed by atoms with Crippen LogP contribution >= 0.6 is 11.8 Å². The number of hydrogen-bond acceptors (Lipinski definition) is 7. The number of H-pyrrole nitrogens is 1. The van der Waals surface area contributed by atoms with Gasteiger partial charge in [0.1, 0.15) is 0 Å². The smallest absolute Gasteiger partial charge is 0.308 e. The maximum Gasteiger partial charge on any atom is 0.308 e. The molecule has 0 aliphatic rings. The number of hydrazone groups is 1. The number of thioether (sulfide) groups is 1. The van der Waals surface area contributed by atoms with Crippen LogP contribution in [0.5, 0.6) is 11.5 Å². The van der Waals surface area contributed by atoms with E-state index in [0.717, 1.165) is 11.0 Å². The molecule has 1 amide bonds. The average Bonchev–Trinajstić information content (AvgIpc) is 3.10. The van der Waals surface area contributed by atoms with Crippen LogP contribution in [-0.2, 0) is 9.59 Å². The number of para-hydroxylation sites is 2. The summed E-state index contributed by atoms with van der Waals surface area (Å²) in [5.74, 6) is 0.190. The van der Waals surface area contributed by atoms with Gasteiger partial charge in [0.05, 0.1) is 30.1 Å². The Labute approximate surface area is 165 Å². The lowest BCUT2D eigenvalue weighted by Crippen LogP contribution is -2.19. The molecule has 0 saturated heterocycles. The third kappa shape index (κ3) is 5.10. The van der Waals surface area contributed by atoms with E-state index in [9.17, 15) is 9.59 Å². The number of nitrogens with one attached hydrogen (secondary N) is 2. The molecule has 2 N–H and O–H groups in total. The van der Waals surface area contributed by atoms with Gasteiger partial charge in [0.25, 0.3) is 5.91 Å². The highest BCUT2D eigenvalue weighted by atomic mass is 32.2. The van der Waals surface area contributed by atoms with Crippen LogP contribution in [-0.4, -0.2) is 40.9 Å². The first-order chi connectivity index (χ1) is 13.5. The summed E-state index contributed by atoms with van der Waals surface area (Å²) in [6.07, 6.45) is 1.48. The second-order valence-corrected chi connectivity index (χ2v) is 6.61. The van der Waals surface area contributed by atoms with Crippen LogP contribution in [0.15, 0.2) is 52.7 Å². The number of benzene rings is 2. The summed E-state index contributed by atoms with van der Waals surface area (Å²) in [5, 5.41) is 4.60. The van der Waals surface area contributed by atoms with E-state index in [4.69, 9.17) is 9.47 Å². The number of methoxy groups -OCH3 is 1. The summed E-state index contributed by atoms with van der Waals surface area (Å²) in [4.78, 5) is 30.6. The lowest BCUT2D eigenvalue weighted by molar-refractivity contribution is -0.132. The fraction of sp³-hybridized carbons (Fsp3) is 0.158. The zero-order valence-corrected chi connectivity index (χ0v) is 16.1. The summed E-state index contributed by atoms with van der Waals surface area (Å²) in [7, 11) is 1.47. The summed E-state index contributed by atoms with van der Waals surface area (Å²) in [6, 6.07) is 12.6. The molecule has 3 rings (SSSR count). The van der Waals surface area contributed by atoms with Gasteiger partial charge in [0.2, 0.25) is 0 Å². The fourth-order valence-electron chi connectivity index (χ4n) is 2.35. The number of rotatable bonds is 7. The molecule has 0 aliphatic carbocycles. The van der Waals surface area contributed by atoms with Crippen molar-refractivity contribution < 1.29 is 19.1 Å². The number of esters is 1. The highest BCUT2D eigenvalue weighted by Gasteiger charge is 2.08. The molecular weight excluding hydrogens is 380 g/mol. The Kier molecular flexibility index (Phi) is 6.28. The number of amides is 1. The van der Waals surface area contributed by atoms with Gasteiger partial charge in [-0.3, -0.25) is 9.59 Å². The summed E-state index contributed by atoms with van der Waals surface area (Å²) in [6.45, 7) is 1.31. The van der Waals surface area contributed by atoms with Crippen LogP contribution in [0.3, 0.4) is 0 Å². The lowest BCUT2D eigenvalue weighted by Gasteiger charge is -2.08. The molecule has 8 nitrogen and oxygen atoms in total. The van der Waals surface area contributed by atoms with Crippen LogP contribution in [0.4, 0.5) is 0 Å². The molecule has 1 aromatic heterocycles. The van der Waals surface area contributed by atoms with Gasteiger partial charge >= 0.3 is 5.97 Å². The van der Waals surface area contributed by atoms with Gasteiger partial charge in [-0.2, -0.15) is 5.10 Å². The Hall–Kier alpha value is -3.33. The van der Waals surface area contributed by atoms with Crippen LogP contribution in [0.1, 0.15) is 12.5 Å². The highest BCUT2D eigenvalue weighted by molar-refractivity contribution is 7.99. The Morgan fingerprint density at radius 1 is 1.25 bits per heavy atom. The van der Waals surface area contributed by atoms with Crippen molar-refractivity contribution in [2.24, 2.45) is 5.10 Å². The van der Waals surface area contributed by atoms with Crippen LogP contribution in [0, 0.1) is 0 Å². The summed E-state index contributed by atoms with van der Waals surface area (Å²) >= 11 is 1.29. The monoisotopic (exact) mass is 398 g/mol. The minimum atomic E-state index is -0.436. The number of ether oxygens (including phenoxy) is 2. The van der Waals surface area contributed by atoms with E-state index in [1.807, 2.05) is 24.3 Å². The van der Waals surface area contributed by atoms with Crippen molar-refractivity contribution in [1.29, 1.82) is 0 Å². The van der Waals surface area contributed by atoms with Crippen molar-refractivity contribution in [3.63, 3.8) is 0 Å². The first-order valence-corrected chi connectivity index (χ1v) is 9.29. The molecule has 28 heavy (non-hydrogen) atoms. The largest absolute Gasteiger partial charge is 0.493 e. The van der Waals surface area contributed by atoms with Gasteiger partial charge in [0.15, 0.2) is 16.7 Å². The number of hydrogen-bond donors (Lipinski definition) is 2. The van der Waals surface area contributed by atoms with E-state index in [1.54, 1.807) is 18.2 Å². The second kappa shape index (κ2) is 9.05. The van der Waals surface area contributed by atoms with E-state index in [2.05, 4.69) is 20.5 Å². The highest BCUT2D eigenvalue weighted by Crippen LogP contribution is 2.27. The van der Waals surface area contributed by atoms with Crippen molar-refractivity contribution in [3.8, 4) is 11.5 Å². The molecule has 1 heterocycles. The fourth-order valence-corrected chi connectivity index (χ4v) is 3.02. The Bertz CT molecular complexity index is 999. The normalized spacial score (nSPS) is 10.9. The minimum Gasteiger partial charge on any atom is -0.493 e. The van der Waals surface area contributed by atoms with E-state index >= 15 is 0 Å². The number of carbonyl (C=O) groups is 2. The van der Waals surface area contributed by atoms with Crippen molar-refractivity contribution in [2.75, 3.05) is 12.9 Å². The molecule has 2 aromatic carbocycles. The molecule has 0 unspecified atom stereocenters. The number of aromatic nitrogens is 2. The van der Waals surface area contributed by atoms with Crippen molar-refractivity contribution in [3.05, 3.63) is 48.0 Å². The zero-order chi connectivity index (χ0) is 19.9. The predicted molar refractivity (Wildman–Crippen MR) is 107 cm³/mol. The number of imidazole rings is 1. The third-order valence-corrected chi connectivity index (χ3v) is 4.43. The lowest BCUT2D eigenvalue weighted by atomic mass is 10.2. The van der Waals surface area contributed by atoms with Gasteiger partial charge in [0, 0.05) is 6.92 Å². The molecule has 0 spiro atoms. The van der Waals surface area contributed by atoms with Crippen molar-refractivity contribution >= 4 is 40.9 Å². The molecule has 3 aromatic rings. The standard InChI is InChI=1S/C19H18N4O4S/c1-12(24)27-16-8-7-13(9-17(16)26-2)10-20-23-18(25)11-28-19-21-14-5-3-4-6-15(14)22-19/h3-10H,11H2,1-2H3,(H,21,22)(H,23,25)/b20-10-. The maximum absolute atomic E-state index is 12.0. The topological polar surface area (TPSA) is 106 Å². The van der Waals surface area contributed by atoms with Crippen molar-refractivity contribution in [1.82, 2.24) is 15.4 Å². The van der Waals surface area contributed by atoms with Gasteiger partial charge in [-0.1, -0.05) is 23.9 Å². The predicted octanol–water partition coefficient (Wildman–Crippen LogP) is 2.74. The Morgan fingerprint density at radius 2 is 2.07 bits per heavy atom. The number of nitrogens with zero attached hydrogens (tertiary/aromatic N) is 2. The van der Waals surface area contributed by atoms with Crippen molar-refractivity contribution in [2.45, 2.75) is 12.1 Å². The van der Waals surface area contributed by atoms with E-state index < -0.39 is 5.97 Å². The van der Waals surface area contributed by atoms with Crippen LogP contribution in [0.2, 0.25) is 0 Å². The zero-order valence-electron chi connectivity index (χ0n) is 15.3. The number of fused-ring (bicyclic) bond motifs is 1. The van der Waals surface area contributed by atoms with Gasteiger partial charge in [-0.25, -0.2) is 10.4 Å². The first-order valence-electron chi connectivity index (χ1n) is 8.31. The molecular formula is C19H18N4O4S. The van der Waals surface area contributed by atoms with Crippen LogP contribution in [0.25, 0.3) is 11.0 Å². The van der Waals surface area contributed by atoms with Gasteiger partial charge in [-0.15, -0.1) is 0 Å². The minimum absolute atomic E-state index is 0.172. The number of aromatic amines is 1. The van der Waals surface area contributed by atoms with Gasteiger partial charge < -0.3 is 14.5 Å². The van der Waals surface area contributed by atoms with Gasteiger partial charge in [-0.05, 0) is 35.9 Å². The number of carbonyl (C=O) groups excluding carboxylic acids is 2.